The topological polar surface area (TPSA) is 88.2 Å². The third-order valence-electron chi connectivity index (χ3n) is 3.36. The average molecular weight is 313 g/mol. The highest BCUT2D eigenvalue weighted by atomic mass is 16.6. The first-order valence-electron chi connectivity index (χ1n) is 7.11. The van der Waals surface area contributed by atoms with Crippen LogP contribution >= 0.6 is 0 Å². The maximum absolute atomic E-state index is 11.7. The lowest BCUT2D eigenvalue weighted by molar-refractivity contribution is -0.138. The molecule has 0 unspecified atom stereocenters. The first-order chi connectivity index (χ1) is 11.1. The van der Waals surface area contributed by atoms with Crippen molar-refractivity contribution >= 4 is 11.9 Å². The van der Waals surface area contributed by atoms with Crippen LogP contribution in [0.5, 0.6) is 11.5 Å². The first-order valence-corrected chi connectivity index (χ1v) is 7.11. The molecule has 0 aromatic heterocycles. The van der Waals surface area contributed by atoms with Crippen molar-refractivity contribution in [3.8, 4) is 11.5 Å². The SMILES string of the molecule is O=C(NCc1ccc(Oc2ccccc2)cc1)[C@H]1O[C@H]1C(=O)O. The zero-order chi connectivity index (χ0) is 16.2. The molecule has 118 valence electrons. The van der Waals surface area contributed by atoms with Crippen LogP contribution in [0.15, 0.2) is 54.6 Å². The van der Waals surface area contributed by atoms with Crippen molar-refractivity contribution in [2.24, 2.45) is 0 Å². The molecule has 0 saturated carbocycles. The molecule has 2 N–H and O–H groups in total. The Hall–Kier alpha value is -2.86. The summed E-state index contributed by atoms with van der Waals surface area (Å²) < 4.78 is 10.5. The maximum Gasteiger partial charge on any atom is 0.336 e. The zero-order valence-corrected chi connectivity index (χ0v) is 12.1. The smallest absolute Gasteiger partial charge is 0.336 e. The minimum Gasteiger partial charge on any atom is -0.479 e. The zero-order valence-electron chi connectivity index (χ0n) is 12.1. The Balaban J connectivity index is 1.50. The van der Waals surface area contributed by atoms with Crippen molar-refractivity contribution in [1.29, 1.82) is 0 Å². The molecular formula is C17H15NO5. The van der Waals surface area contributed by atoms with E-state index in [1.807, 2.05) is 54.6 Å². The summed E-state index contributed by atoms with van der Waals surface area (Å²) in [5.41, 5.74) is 0.881. The van der Waals surface area contributed by atoms with Crippen LogP contribution in [0.2, 0.25) is 0 Å². The Labute approximate surface area is 132 Å². The number of carboxylic acid groups (broad SMARTS) is 1. The third kappa shape index (κ3) is 3.87. The number of benzene rings is 2. The number of amides is 1. The van der Waals surface area contributed by atoms with E-state index in [1.165, 1.54) is 0 Å². The number of ether oxygens (including phenoxy) is 2. The summed E-state index contributed by atoms with van der Waals surface area (Å²) in [6, 6.07) is 16.7. The molecule has 6 heteroatoms. The van der Waals surface area contributed by atoms with E-state index in [4.69, 9.17) is 14.6 Å². The van der Waals surface area contributed by atoms with Crippen LogP contribution in [0.4, 0.5) is 0 Å². The number of hydrogen-bond donors (Lipinski definition) is 2. The van der Waals surface area contributed by atoms with Gasteiger partial charge in [-0.1, -0.05) is 30.3 Å². The van der Waals surface area contributed by atoms with Crippen LogP contribution in [0, 0.1) is 0 Å². The Bertz CT molecular complexity index is 699. The van der Waals surface area contributed by atoms with Gasteiger partial charge in [-0.25, -0.2) is 4.79 Å². The van der Waals surface area contributed by atoms with Gasteiger partial charge in [0.25, 0.3) is 5.91 Å². The van der Waals surface area contributed by atoms with E-state index >= 15 is 0 Å². The van der Waals surface area contributed by atoms with Gasteiger partial charge in [-0.05, 0) is 29.8 Å². The van der Waals surface area contributed by atoms with Gasteiger partial charge >= 0.3 is 5.97 Å². The fourth-order valence-electron chi connectivity index (χ4n) is 2.09. The van der Waals surface area contributed by atoms with Crippen molar-refractivity contribution in [2.45, 2.75) is 18.8 Å². The minimum absolute atomic E-state index is 0.302. The highest BCUT2D eigenvalue weighted by Gasteiger charge is 2.50. The summed E-state index contributed by atoms with van der Waals surface area (Å²) >= 11 is 0. The largest absolute Gasteiger partial charge is 0.479 e. The van der Waals surface area contributed by atoms with Gasteiger partial charge < -0.3 is 19.9 Å². The van der Waals surface area contributed by atoms with Crippen LogP contribution in [0.25, 0.3) is 0 Å². The molecule has 2 aromatic rings. The second kappa shape index (κ2) is 6.50. The van der Waals surface area contributed by atoms with E-state index in [9.17, 15) is 9.59 Å². The molecular weight excluding hydrogens is 298 g/mol. The monoisotopic (exact) mass is 313 g/mol. The summed E-state index contributed by atoms with van der Waals surface area (Å²) in [7, 11) is 0. The number of carbonyl (C=O) groups is 2. The van der Waals surface area contributed by atoms with Crippen LogP contribution in [0.3, 0.4) is 0 Å². The molecule has 1 aliphatic rings. The number of para-hydroxylation sites is 1. The summed E-state index contributed by atoms with van der Waals surface area (Å²) in [5, 5.41) is 11.3. The van der Waals surface area contributed by atoms with Crippen LogP contribution in [-0.4, -0.2) is 29.2 Å². The Morgan fingerprint density at radius 1 is 1.00 bits per heavy atom. The van der Waals surface area contributed by atoms with E-state index in [1.54, 1.807) is 0 Å². The van der Waals surface area contributed by atoms with Gasteiger partial charge in [0.2, 0.25) is 0 Å². The van der Waals surface area contributed by atoms with Crippen molar-refractivity contribution < 1.29 is 24.2 Å². The Morgan fingerprint density at radius 3 is 2.26 bits per heavy atom. The molecule has 6 nitrogen and oxygen atoms in total. The average Bonchev–Trinajstić information content (AvgIpc) is 3.36. The second-order valence-corrected chi connectivity index (χ2v) is 5.09. The summed E-state index contributed by atoms with van der Waals surface area (Å²) in [5.74, 6) is -0.0866. The standard InChI is InChI=1S/C17H15NO5/c19-16(14-15(23-14)17(20)21)18-10-11-6-8-13(9-7-11)22-12-4-2-1-3-5-12/h1-9,14-15H,10H2,(H,18,19)(H,20,21)/t14-,15+/m0/s1. The normalized spacial score (nSPS) is 19.0. The van der Waals surface area contributed by atoms with Gasteiger partial charge in [0.15, 0.2) is 12.2 Å². The highest BCUT2D eigenvalue weighted by Crippen LogP contribution is 2.23. The quantitative estimate of drug-likeness (QED) is 0.796. The fraction of sp³-hybridized carbons (Fsp3) is 0.176. The second-order valence-electron chi connectivity index (χ2n) is 5.09. The first kappa shape index (κ1) is 15.1. The van der Waals surface area contributed by atoms with Crippen molar-refractivity contribution in [3.05, 3.63) is 60.2 Å². The molecule has 0 radical (unpaired) electrons. The molecule has 0 aliphatic carbocycles. The van der Waals surface area contributed by atoms with Crippen LogP contribution in [0.1, 0.15) is 5.56 Å². The molecule has 1 heterocycles. The van der Waals surface area contributed by atoms with Gasteiger partial charge in [0.05, 0.1) is 0 Å². The predicted molar refractivity (Wildman–Crippen MR) is 81.1 cm³/mol. The van der Waals surface area contributed by atoms with E-state index in [0.29, 0.717) is 12.3 Å². The molecule has 1 amide bonds. The number of rotatable bonds is 6. The molecule has 1 aliphatic heterocycles. The number of epoxide rings is 1. The Morgan fingerprint density at radius 2 is 1.65 bits per heavy atom. The molecule has 1 saturated heterocycles. The van der Waals surface area contributed by atoms with E-state index < -0.39 is 24.1 Å². The lowest BCUT2D eigenvalue weighted by Gasteiger charge is -2.07. The van der Waals surface area contributed by atoms with Gasteiger partial charge in [-0.15, -0.1) is 0 Å². The molecule has 23 heavy (non-hydrogen) atoms. The molecule has 3 rings (SSSR count). The van der Waals surface area contributed by atoms with Crippen LogP contribution in [-0.2, 0) is 20.9 Å². The molecule has 2 atom stereocenters. The van der Waals surface area contributed by atoms with Gasteiger partial charge in [0.1, 0.15) is 11.5 Å². The molecule has 0 spiro atoms. The van der Waals surface area contributed by atoms with E-state index in [2.05, 4.69) is 5.32 Å². The fourth-order valence-corrected chi connectivity index (χ4v) is 2.09. The Kier molecular flexibility index (Phi) is 4.25. The van der Waals surface area contributed by atoms with Gasteiger partial charge in [-0.3, -0.25) is 4.79 Å². The number of nitrogens with one attached hydrogen (secondary N) is 1. The lowest BCUT2D eigenvalue weighted by Crippen LogP contribution is -2.29. The maximum atomic E-state index is 11.7. The third-order valence-corrected chi connectivity index (χ3v) is 3.36. The number of hydrogen-bond acceptors (Lipinski definition) is 4. The summed E-state index contributed by atoms with van der Waals surface area (Å²) in [4.78, 5) is 22.3. The lowest BCUT2D eigenvalue weighted by atomic mass is 10.2. The van der Waals surface area contributed by atoms with Crippen molar-refractivity contribution in [3.63, 3.8) is 0 Å². The van der Waals surface area contributed by atoms with E-state index in [0.717, 1.165) is 11.3 Å². The summed E-state index contributed by atoms with van der Waals surface area (Å²) in [6.07, 6.45) is -1.90. The number of carboxylic acids is 1. The van der Waals surface area contributed by atoms with Crippen molar-refractivity contribution in [1.82, 2.24) is 5.32 Å². The van der Waals surface area contributed by atoms with E-state index in [-0.39, 0.29) is 0 Å². The number of carbonyl (C=O) groups excluding carboxylic acids is 1. The van der Waals surface area contributed by atoms with Crippen molar-refractivity contribution in [2.75, 3.05) is 0 Å². The van der Waals surface area contributed by atoms with Gasteiger partial charge in [-0.2, -0.15) is 0 Å². The predicted octanol–water partition coefficient (Wildman–Crippen LogP) is 1.95. The molecule has 1 fully saturated rings. The van der Waals surface area contributed by atoms with Gasteiger partial charge in [0, 0.05) is 6.54 Å². The minimum atomic E-state index is -1.12. The molecule has 0 bridgehead atoms. The number of aliphatic carboxylic acids is 1. The highest BCUT2D eigenvalue weighted by molar-refractivity contribution is 5.91. The summed E-state index contributed by atoms with van der Waals surface area (Å²) in [6.45, 7) is 0.302. The van der Waals surface area contributed by atoms with Crippen LogP contribution < -0.4 is 10.1 Å². The molecule has 2 aromatic carbocycles.